The molecule has 24 heavy (non-hydrogen) atoms. The van der Waals surface area contributed by atoms with Crippen LogP contribution in [0.15, 0.2) is 24.3 Å². The van der Waals surface area contributed by atoms with Crippen molar-refractivity contribution in [1.82, 2.24) is 14.7 Å². The van der Waals surface area contributed by atoms with E-state index in [-0.39, 0.29) is 11.9 Å². The van der Waals surface area contributed by atoms with E-state index < -0.39 is 0 Å². The van der Waals surface area contributed by atoms with Crippen molar-refractivity contribution in [2.24, 2.45) is 5.73 Å². The Balaban J connectivity index is 1.73. The van der Waals surface area contributed by atoms with Crippen LogP contribution in [0.1, 0.15) is 46.6 Å². The summed E-state index contributed by atoms with van der Waals surface area (Å²) in [7, 11) is 0. The standard InChI is InChI=1S/C19H24N4O/c1-13-7-9-14(10-8-13)23-17-6-2-5-16(17)18(21-23)19(24)22-11-3-4-15(22)12-20/h7-10,15H,2-6,11-12,20H2,1H3. The molecular weight excluding hydrogens is 300 g/mol. The normalized spacial score (nSPS) is 19.8. The molecule has 126 valence electrons. The largest absolute Gasteiger partial charge is 0.333 e. The van der Waals surface area contributed by atoms with E-state index in [1.165, 1.54) is 11.3 Å². The molecule has 0 spiro atoms. The molecule has 1 fully saturated rings. The van der Waals surface area contributed by atoms with Gasteiger partial charge in [-0.3, -0.25) is 4.79 Å². The fourth-order valence-electron chi connectivity index (χ4n) is 3.99. The van der Waals surface area contributed by atoms with Crippen molar-refractivity contribution in [2.45, 2.75) is 45.1 Å². The molecule has 0 radical (unpaired) electrons. The van der Waals surface area contributed by atoms with E-state index in [2.05, 4.69) is 31.2 Å². The number of amides is 1. The molecular formula is C19H24N4O. The first-order chi connectivity index (χ1) is 11.7. The predicted octanol–water partition coefficient (Wildman–Crippen LogP) is 2.23. The van der Waals surface area contributed by atoms with Crippen molar-refractivity contribution in [1.29, 1.82) is 0 Å². The zero-order valence-electron chi connectivity index (χ0n) is 14.2. The summed E-state index contributed by atoms with van der Waals surface area (Å²) >= 11 is 0. The highest BCUT2D eigenvalue weighted by atomic mass is 16.2. The molecule has 1 amide bonds. The fourth-order valence-corrected chi connectivity index (χ4v) is 3.99. The minimum atomic E-state index is 0.0620. The van der Waals surface area contributed by atoms with Gasteiger partial charge in [-0.15, -0.1) is 0 Å². The Kier molecular flexibility index (Phi) is 3.88. The van der Waals surface area contributed by atoms with Gasteiger partial charge in [-0.1, -0.05) is 17.7 Å². The number of carbonyl (C=O) groups is 1. The number of hydrogen-bond acceptors (Lipinski definition) is 3. The van der Waals surface area contributed by atoms with Gasteiger partial charge in [0.15, 0.2) is 5.69 Å². The van der Waals surface area contributed by atoms with Crippen LogP contribution in [0, 0.1) is 6.92 Å². The third kappa shape index (κ3) is 2.44. The fraction of sp³-hybridized carbons (Fsp3) is 0.474. The van der Waals surface area contributed by atoms with Gasteiger partial charge in [0.25, 0.3) is 5.91 Å². The molecule has 1 aromatic heterocycles. The minimum Gasteiger partial charge on any atom is -0.333 e. The van der Waals surface area contributed by atoms with Crippen LogP contribution in [-0.4, -0.2) is 39.7 Å². The molecule has 0 bridgehead atoms. The number of fused-ring (bicyclic) bond motifs is 1. The minimum absolute atomic E-state index is 0.0620. The predicted molar refractivity (Wildman–Crippen MR) is 93.4 cm³/mol. The molecule has 2 N–H and O–H groups in total. The summed E-state index contributed by atoms with van der Waals surface area (Å²) in [5.74, 6) is 0.0620. The molecule has 0 saturated carbocycles. The number of carbonyl (C=O) groups excluding carboxylic acids is 1. The second kappa shape index (κ2) is 6.06. The van der Waals surface area contributed by atoms with Crippen molar-refractivity contribution in [3.63, 3.8) is 0 Å². The molecule has 1 aliphatic carbocycles. The summed E-state index contributed by atoms with van der Waals surface area (Å²) in [5, 5.41) is 4.73. The summed E-state index contributed by atoms with van der Waals surface area (Å²) in [6, 6.07) is 8.50. The maximum absolute atomic E-state index is 13.1. The summed E-state index contributed by atoms with van der Waals surface area (Å²) < 4.78 is 1.97. The first-order valence-corrected chi connectivity index (χ1v) is 8.88. The van der Waals surface area contributed by atoms with Crippen LogP contribution in [0.25, 0.3) is 5.69 Å². The Hall–Kier alpha value is -2.14. The lowest BCUT2D eigenvalue weighted by molar-refractivity contribution is 0.0733. The van der Waals surface area contributed by atoms with Gasteiger partial charge in [0.2, 0.25) is 0 Å². The Morgan fingerprint density at radius 2 is 2.04 bits per heavy atom. The van der Waals surface area contributed by atoms with Crippen molar-refractivity contribution in [2.75, 3.05) is 13.1 Å². The van der Waals surface area contributed by atoms with Crippen LogP contribution in [0.3, 0.4) is 0 Å². The summed E-state index contributed by atoms with van der Waals surface area (Å²) in [6.45, 7) is 3.41. The lowest BCUT2D eigenvalue weighted by Gasteiger charge is -2.22. The van der Waals surface area contributed by atoms with Gasteiger partial charge < -0.3 is 10.6 Å². The number of nitrogens with two attached hydrogens (primary N) is 1. The van der Waals surface area contributed by atoms with Gasteiger partial charge >= 0.3 is 0 Å². The third-order valence-electron chi connectivity index (χ3n) is 5.32. The van der Waals surface area contributed by atoms with E-state index >= 15 is 0 Å². The summed E-state index contributed by atoms with van der Waals surface area (Å²) in [6.07, 6.45) is 5.07. The highest BCUT2D eigenvalue weighted by Crippen LogP contribution is 2.30. The Labute approximate surface area is 142 Å². The maximum atomic E-state index is 13.1. The number of benzene rings is 1. The highest BCUT2D eigenvalue weighted by Gasteiger charge is 2.34. The van der Waals surface area contributed by atoms with Gasteiger partial charge in [-0.25, -0.2) is 4.68 Å². The van der Waals surface area contributed by atoms with Gasteiger partial charge in [0.1, 0.15) is 0 Å². The molecule has 2 aliphatic rings. The molecule has 5 nitrogen and oxygen atoms in total. The van der Waals surface area contributed by atoms with E-state index in [9.17, 15) is 4.79 Å². The van der Waals surface area contributed by atoms with Gasteiger partial charge in [-0.2, -0.15) is 5.10 Å². The SMILES string of the molecule is Cc1ccc(-n2nc(C(=O)N3CCCC3CN)c3c2CCC3)cc1. The Morgan fingerprint density at radius 1 is 1.25 bits per heavy atom. The molecule has 1 atom stereocenters. The molecule has 2 aromatic rings. The van der Waals surface area contributed by atoms with E-state index in [0.717, 1.165) is 49.9 Å². The van der Waals surface area contributed by atoms with Crippen molar-refractivity contribution < 1.29 is 4.79 Å². The molecule has 1 unspecified atom stereocenters. The van der Waals surface area contributed by atoms with E-state index in [1.54, 1.807) is 0 Å². The first kappa shape index (κ1) is 15.4. The quantitative estimate of drug-likeness (QED) is 0.941. The molecule has 1 aliphatic heterocycles. The van der Waals surface area contributed by atoms with Gasteiger partial charge in [0, 0.05) is 30.4 Å². The zero-order valence-corrected chi connectivity index (χ0v) is 14.2. The maximum Gasteiger partial charge on any atom is 0.274 e. The molecule has 5 heteroatoms. The van der Waals surface area contributed by atoms with Crippen molar-refractivity contribution in [3.8, 4) is 5.69 Å². The molecule has 2 heterocycles. The summed E-state index contributed by atoms with van der Waals surface area (Å²) in [4.78, 5) is 15.0. The number of nitrogens with zero attached hydrogens (tertiary/aromatic N) is 3. The highest BCUT2D eigenvalue weighted by molar-refractivity contribution is 5.94. The van der Waals surface area contributed by atoms with Crippen LogP contribution in [0.2, 0.25) is 0 Å². The van der Waals surface area contributed by atoms with Crippen LogP contribution >= 0.6 is 0 Å². The van der Waals surface area contributed by atoms with Crippen LogP contribution < -0.4 is 5.73 Å². The van der Waals surface area contributed by atoms with E-state index in [1.807, 2.05) is 9.58 Å². The van der Waals surface area contributed by atoms with Crippen LogP contribution in [0.4, 0.5) is 0 Å². The first-order valence-electron chi connectivity index (χ1n) is 8.88. The molecule has 1 saturated heterocycles. The number of aromatic nitrogens is 2. The Bertz CT molecular complexity index is 762. The molecule has 1 aromatic carbocycles. The van der Waals surface area contributed by atoms with Crippen LogP contribution in [-0.2, 0) is 12.8 Å². The van der Waals surface area contributed by atoms with Gasteiger partial charge in [-0.05, 0) is 51.2 Å². The molecule has 4 rings (SSSR count). The lowest BCUT2D eigenvalue weighted by atomic mass is 10.1. The van der Waals surface area contributed by atoms with Crippen molar-refractivity contribution >= 4 is 5.91 Å². The second-order valence-electron chi connectivity index (χ2n) is 6.91. The van der Waals surface area contributed by atoms with E-state index in [4.69, 9.17) is 10.8 Å². The second-order valence-corrected chi connectivity index (χ2v) is 6.91. The van der Waals surface area contributed by atoms with Crippen LogP contribution in [0.5, 0.6) is 0 Å². The average molecular weight is 324 g/mol. The number of aryl methyl sites for hydroxylation is 1. The smallest absolute Gasteiger partial charge is 0.274 e. The number of hydrogen-bond donors (Lipinski definition) is 1. The van der Waals surface area contributed by atoms with Crippen molar-refractivity contribution in [3.05, 3.63) is 46.8 Å². The number of rotatable bonds is 3. The third-order valence-corrected chi connectivity index (χ3v) is 5.32. The Morgan fingerprint density at radius 3 is 2.79 bits per heavy atom. The average Bonchev–Trinajstić information content (AvgIpc) is 3.30. The topological polar surface area (TPSA) is 64.2 Å². The monoisotopic (exact) mass is 324 g/mol. The van der Waals surface area contributed by atoms with Gasteiger partial charge in [0.05, 0.1) is 5.69 Å². The zero-order chi connectivity index (χ0) is 16.7. The lowest BCUT2D eigenvalue weighted by Crippen LogP contribution is -2.40. The summed E-state index contributed by atoms with van der Waals surface area (Å²) in [5.41, 5.74) is 11.1. The van der Waals surface area contributed by atoms with E-state index in [0.29, 0.717) is 12.2 Å². The number of likely N-dealkylation sites (tertiary alicyclic amines) is 1.